The first kappa shape index (κ1) is 19.3. The summed E-state index contributed by atoms with van der Waals surface area (Å²) in [6, 6.07) is 8.22. The van der Waals surface area contributed by atoms with Crippen LogP contribution in [0.15, 0.2) is 36.7 Å². The van der Waals surface area contributed by atoms with E-state index in [9.17, 15) is 4.79 Å². The van der Waals surface area contributed by atoms with Gasteiger partial charge in [0.1, 0.15) is 5.75 Å². The molecule has 3 rings (SSSR count). The van der Waals surface area contributed by atoms with Crippen molar-refractivity contribution in [2.24, 2.45) is 0 Å². The molecule has 1 aliphatic heterocycles. The molecule has 6 nitrogen and oxygen atoms in total. The lowest BCUT2D eigenvalue weighted by Gasteiger charge is -2.20. The van der Waals surface area contributed by atoms with Crippen LogP contribution >= 0.6 is 12.4 Å². The Hall–Kier alpha value is -2.05. The summed E-state index contributed by atoms with van der Waals surface area (Å²) in [7, 11) is 0. The van der Waals surface area contributed by atoms with E-state index in [-0.39, 0.29) is 18.0 Å². The number of halogens is 1. The zero-order valence-electron chi connectivity index (χ0n) is 14.3. The summed E-state index contributed by atoms with van der Waals surface area (Å²) in [5.41, 5.74) is 0.979. The van der Waals surface area contributed by atoms with Crippen molar-refractivity contribution in [2.45, 2.75) is 32.2 Å². The zero-order valence-corrected chi connectivity index (χ0v) is 15.1. The van der Waals surface area contributed by atoms with Crippen LogP contribution < -0.4 is 4.74 Å². The lowest BCUT2D eigenvalue weighted by atomic mass is 10.2. The molecule has 1 N–H and O–H groups in total. The maximum Gasteiger partial charge on any atom is 0.338 e. The van der Waals surface area contributed by atoms with Crippen LogP contribution in [0.5, 0.6) is 5.75 Å². The third-order valence-electron chi connectivity index (χ3n) is 4.48. The summed E-state index contributed by atoms with van der Waals surface area (Å²) in [6.07, 6.45) is 6.47. The van der Waals surface area contributed by atoms with Crippen LogP contribution in [0.3, 0.4) is 0 Å². The van der Waals surface area contributed by atoms with Crippen LogP contribution in [0.2, 0.25) is 0 Å². The van der Waals surface area contributed by atoms with Gasteiger partial charge in [-0.1, -0.05) is 0 Å². The number of likely N-dealkylation sites (tertiary alicyclic amines) is 1. The van der Waals surface area contributed by atoms with Gasteiger partial charge in [0.15, 0.2) is 0 Å². The number of ether oxygens (including phenoxy) is 1. The normalized spacial score (nSPS) is 17.2. The molecule has 1 aromatic heterocycles. The molecule has 0 spiro atoms. The molecule has 1 fully saturated rings. The minimum Gasteiger partial charge on any atom is -0.494 e. The molecule has 0 amide bonds. The maximum absolute atomic E-state index is 10.9. The predicted octanol–water partition coefficient (Wildman–Crippen LogP) is 3.25. The lowest BCUT2D eigenvalue weighted by Crippen LogP contribution is -2.28. The minimum atomic E-state index is -0.978. The summed E-state index contributed by atoms with van der Waals surface area (Å²) < 4.78 is 7.33. The molecule has 0 saturated carbocycles. The second-order valence-electron chi connectivity index (χ2n) is 6.20. The molecule has 1 unspecified atom stereocenters. The highest BCUT2D eigenvalue weighted by molar-refractivity contribution is 5.87. The molecule has 7 heteroatoms. The van der Waals surface area contributed by atoms with E-state index in [2.05, 4.69) is 16.9 Å². The smallest absolute Gasteiger partial charge is 0.338 e. The van der Waals surface area contributed by atoms with Gasteiger partial charge < -0.3 is 14.7 Å². The van der Waals surface area contributed by atoms with Crippen molar-refractivity contribution in [1.29, 1.82) is 0 Å². The first-order chi connectivity index (χ1) is 11.6. The van der Waals surface area contributed by atoms with E-state index < -0.39 is 5.97 Å². The van der Waals surface area contributed by atoms with Gasteiger partial charge in [0.25, 0.3) is 0 Å². The van der Waals surface area contributed by atoms with Crippen LogP contribution in [-0.4, -0.2) is 51.5 Å². The highest BCUT2D eigenvalue weighted by Crippen LogP contribution is 2.18. The summed E-state index contributed by atoms with van der Waals surface area (Å²) in [6.45, 7) is 5.29. The predicted molar refractivity (Wildman–Crippen MR) is 98.2 cm³/mol. The van der Waals surface area contributed by atoms with Crippen molar-refractivity contribution in [3.8, 4) is 11.4 Å². The molecule has 2 heterocycles. The molecule has 1 saturated heterocycles. The second-order valence-corrected chi connectivity index (χ2v) is 6.20. The van der Waals surface area contributed by atoms with E-state index in [0.717, 1.165) is 24.4 Å². The number of hydrogen-bond acceptors (Lipinski definition) is 4. The molecule has 0 radical (unpaired) electrons. The number of carboxylic acids is 1. The Balaban J connectivity index is 0.00000225. The van der Waals surface area contributed by atoms with Crippen molar-refractivity contribution in [3.63, 3.8) is 0 Å². The highest BCUT2D eigenvalue weighted by atomic mass is 35.5. The van der Waals surface area contributed by atoms with Crippen molar-refractivity contribution in [1.82, 2.24) is 14.7 Å². The van der Waals surface area contributed by atoms with E-state index in [1.807, 2.05) is 24.3 Å². The fraction of sp³-hybridized carbons (Fsp3) is 0.444. The maximum atomic E-state index is 10.9. The van der Waals surface area contributed by atoms with Gasteiger partial charge in [0.05, 0.1) is 24.1 Å². The standard InChI is InChI=1S/C18H23N3O3.ClH/c1-14-4-2-9-20(14)10-3-11-24-17-7-5-16(6-8-17)21-13-15(12-19-21)18(22)23;/h5-8,12-14H,2-4,9-11H2,1H3,(H,22,23);1H. The number of nitrogens with zero attached hydrogens (tertiary/aromatic N) is 3. The molecule has 1 aromatic carbocycles. The van der Waals surface area contributed by atoms with Crippen molar-refractivity contribution >= 4 is 18.4 Å². The molecule has 136 valence electrons. The number of hydrogen-bond donors (Lipinski definition) is 1. The average molecular weight is 366 g/mol. The summed E-state index contributed by atoms with van der Waals surface area (Å²) in [5.74, 6) is -0.160. The topological polar surface area (TPSA) is 67.6 Å². The van der Waals surface area contributed by atoms with Gasteiger partial charge in [0, 0.05) is 18.8 Å². The van der Waals surface area contributed by atoms with E-state index in [1.54, 1.807) is 4.68 Å². The number of aromatic carboxylic acids is 1. The van der Waals surface area contributed by atoms with Gasteiger partial charge in [0.2, 0.25) is 0 Å². The average Bonchev–Trinajstić information content (AvgIpc) is 3.22. The van der Waals surface area contributed by atoms with E-state index >= 15 is 0 Å². The Morgan fingerprint density at radius 3 is 2.72 bits per heavy atom. The number of rotatable bonds is 7. The Kier molecular flexibility index (Phi) is 6.84. The third kappa shape index (κ3) is 4.96. The van der Waals surface area contributed by atoms with E-state index in [1.165, 1.54) is 31.8 Å². The van der Waals surface area contributed by atoms with Gasteiger partial charge in [-0.25, -0.2) is 9.48 Å². The molecular formula is C18H24ClN3O3. The van der Waals surface area contributed by atoms with E-state index in [0.29, 0.717) is 12.6 Å². The van der Waals surface area contributed by atoms with Gasteiger partial charge in [-0.05, 0) is 57.0 Å². The molecule has 1 aliphatic rings. The molecule has 1 atom stereocenters. The quantitative estimate of drug-likeness (QED) is 0.763. The van der Waals surface area contributed by atoms with E-state index in [4.69, 9.17) is 9.84 Å². The number of carbonyl (C=O) groups is 1. The Morgan fingerprint density at radius 2 is 2.12 bits per heavy atom. The highest BCUT2D eigenvalue weighted by Gasteiger charge is 2.19. The summed E-state index contributed by atoms with van der Waals surface area (Å²) >= 11 is 0. The summed E-state index contributed by atoms with van der Waals surface area (Å²) in [4.78, 5) is 13.4. The largest absolute Gasteiger partial charge is 0.494 e. The Bertz CT molecular complexity index is 687. The van der Waals surface area contributed by atoms with Gasteiger partial charge in [-0.3, -0.25) is 0 Å². The molecule has 0 aliphatic carbocycles. The van der Waals surface area contributed by atoms with Crippen LogP contribution in [0, 0.1) is 0 Å². The fourth-order valence-corrected chi connectivity index (χ4v) is 3.05. The molecular weight excluding hydrogens is 342 g/mol. The molecule has 0 bridgehead atoms. The van der Waals surface area contributed by atoms with Crippen molar-refractivity contribution in [2.75, 3.05) is 19.7 Å². The van der Waals surface area contributed by atoms with Crippen LogP contribution in [0.4, 0.5) is 0 Å². The monoisotopic (exact) mass is 365 g/mol. The first-order valence-corrected chi connectivity index (χ1v) is 8.39. The van der Waals surface area contributed by atoms with Gasteiger partial charge in [-0.15, -0.1) is 12.4 Å². The number of carboxylic acid groups (broad SMARTS) is 1. The number of aromatic nitrogens is 2. The molecule has 2 aromatic rings. The second kappa shape index (κ2) is 8.87. The Morgan fingerprint density at radius 1 is 1.36 bits per heavy atom. The van der Waals surface area contributed by atoms with Crippen LogP contribution in [-0.2, 0) is 0 Å². The third-order valence-corrected chi connectivity index (χ3v) is 4.48. The lowest BCUT2D eigenvalue weighted by molar-refractivity contribution is 0.0697. The van der Waals surface area contributed by atoms with Crippen LogP contribution in [0.1, 0.15) is 36.5 Å². The van der Waals surface area contributed by atoms with Crippen molar-refractivity contribution in [3.05, 3.63) is 42.2 Å². The Labute approximate surface area is 153 Å². The van der Waals surface area contributed by atoms with Crippen molar-refractivity contribution < 1.29 is 14.6 Å². The van der Waals surface area contributed by atoms with Crippen LogP contribution in [0.25, 0.3) is 5.69 Å². The first-order valence-electron chi connectivity index (χ1n) is 8.39. The number of benzene rings is 1. The minimum absolute atomic E-state index is 0. The SMILES string of the molecule is CC1CCCN1CCCOc1ccc(-n2cc(C(=O)O)cn2)cc1.Cl. The van der Waals surface area contributed by atoms with Gasteiger partial charge >= 0.3 is 5.97 Å². The fourth-order valence-electron chi connectivity index (χ4n) is 3.05. The van der Waals surface area contributed by atoms with Gasteiger partial charge in [-0.2, -0.15) is 5.10 Å². The zero-order chi connectivity index (χ0) is 16.9. The summed E-state index contributed by atoms with van der Waals surface area (Å²) in [5, 5.41) is 13.0. The molecule has 25 heavy (non-hydrogen) atoms.